The topological polar surface area (TPSA) is 24.4 Å². The number of nitrogens with zero attached hydrogens (tertiary/aromatic N) is 1. The largest absolute Gasteiger partial charge is 0.313 e. The highest BCUT2D eigenvalue weighted by atomic mass is 15.3. The summed E-state index contributed by atoms with van der Waals surface area (Å²) in [5.41, 5.74) is 5.37. The van der Waals surface area contributed by atoms with Gasteiger partial charge in [0.15, 0.2) is 0 Å². The Labute approximate surface area is 86.0 Å². The molecular weight excluding hydrogens is 172 g/mol. The smallest absolute Gasteiger partial charge is 0.0447 e. The molecule has 1 rings (SSSR count). The number of hydrogen-bond acceptors (Lipinski definition) is 2. The van der Waals surface area contributed by atoms with Gasteiger partial charge in [-0.25, -0.2) is 0 Å². The molecule has 0 unspecified atom stereocenters. The van der Waals surface area contributed by atoms with Crippen LogP contribution in [-0.2, 0) is 6.42 Å². The molecule has 1 aromatic rings. The Morgan fingerprint density at radius 2 is 1.93 bits per heavy atom. The van der Waals surface area contributed by atoms with Crippen LogP contribution in [0, 0.1) is 5.92 Å². The van der Waals surface area contributed by atoms with Crippen LogP contribution in [0.2, 0.25) is 0 Å². The third-order valence-electron chi connectivity index (χ3n) is 2.15. The van der Waals surface area contributed by atoms with Gasteiger partial charge in [0.25, 0.3) is 0 Å². The lowest BCUT2D eigenvalue weighted by Gasteiger charge is -2.09. The van der Waals surface area contributed by atoms with E-state index in [0.717, 1.165) is 6.42 Å². The summed E-state index contributed by atoms with van der Waals surface area (Å²) >= 11 is 0. The van der Waals surface area contributed by atoms with E-state index in [0.29, 0.717) is 5.92 Å². The Morgan fingerprint density at radius 3 is 2.43 bits per heavy atom. The van der Waals surface area contributed by atoms with Gasteiger partial charge >= 0.3 is 0 Å². The van der Waals surface area contributed by atoms with E-state index in [2.05, 4.69) is 48.6 Å². The van der Waals surface area contributed by atoms with Gasteiger partial charge in [-0.05, 0) is 11.5 Å². The van der Waals surface area contributed by atoms with Crippen LogP contribution < -0.4 is 5.43 Å². The lowest BCUT2D eigenvalue weighted by molar-refractivity contribution is 0.809. The van der Waals surface area contributed by atoms with Crippen molar-refractivity contribution >= 4 is 5.71 Å². The molecule has 0 fully saturated rings. The van der Waals surface area contributed by atoms with E-state index in [1.54, 1.807) is 0 Å². The van der Waals surface area contributed by atoms with Gasteiger partial charge in [-0.1, -0.05) is 44.2 Å². The van der Waals surface area contributed by atoms with Crippen LogP contribution in [0.3, 0.4) is 0 Å². The van der Waals surface area contributed by atoms with E-state index in [1.807, 2.05) is 13.1 Å². The average Bonchev–Trinajstić information content (AvgIpc) is 2.18. The standard InChI is InChI=1S/C12H18N2/c1-10(2)12(14-13-3)9-11-7-5-4-6-8-11/h4-8,10,13H,9H2,1-3H3/b14-12-. The third kappa shape index (κ3) is 3.21. The molecule has 0 aliphatic rings. The van der Waals surface area contributed by atoms with Gasteiger partial charge in [0.05, 0.1) is 0 Å². The molecule has 0 aliphatic carbocycles. The van der Waals surface area contributed by atoms with Crippen molar-refractivity contribution in [1.29, 1.82) is 0 Å². The molecule has 0 radical (unpaired) electrons. The Balaban J connectivity index is 2.70. The predicted molar refractivity (Wildman–Crippen MR) is 61.5 cm³/mol. The summed E-state index contributed by atoms with van der Waals surface area (Å²) in [6.07, 6.45) is 0.930. The van der Waals surface area contributed by atoms with Crippen molar-refractivity contribution in [3.63, 3.8) is 0 Å². The van der Waals surface area contributed by atoms with E-state index < -0.39 is 0 Å². The Hall–Kier alpha value is -1.31. The number of hydrazone groups is 1. The predicted octanol–water partition coefficient (Wildman–Crippen LogP) is 2.46. The zero-order chi connectivity index (χ0) is 10.4. The lowest BCUT2D eigenvalue weighted by Crippen LogP contribution is -2.15. The first-order valence-electron chi connectivity index (χ1n) is 5.01. The maximum atomic E-state index is 4.29. The van der Waals surface area contributed by atoms with Gasteiger partial charge in [0.2, 0.25) is 0 Å². The molecule has 76 valence electrons. The molecule has 0 amide bonds. The van der Waals surface area contributed by atoms with Crippen molar-refractivity contribution in [3.8, 4) is 0 Å². The van der Waals surface area contributed by atoms with Crippen molar-refractivity contribution in [3.05, 3.63) is 35.9 Å². The van der Waals surface area contributed by atoms with E-state index >= 15 is 0 Å². The van der Waals surface area contributed by atoms with Crippen LogP contribution in [-0.4, -0.2) is 12.8 Å². The minimum absolute atomic E-state index is 0.489. The molecule has 14 heavy (non-hydrogen) atoms. The highest BCUT2D eigenvalue weighted by Gasteiger charge is 2.05. The Kier molecular flexibility index (Phi) is 4.17. The van der Waals surface area contributed by atoms with Crippen molar-refractivity contribution in [1.82, 2.24) is 5.43 Å². The van der Waals surface area contributed by atoms with Crippen LogP contribution >= 0.6 is 0 Å². The zero-order valence-electron chi connectivity index (χ0n) is 9.12. The summed E-state index contributed by atoms with van der Waals surface area (Å²) in [7, 11) is 1.84. The average molecular weight is 190 g/mol. The highest BCUT2D eigenvalue weighted by molar-refractivity contribution is 5.88. The molecule has 0 aliphatic heterocycles. The molecule has 0 aromatic heterocycles. The second-order valence-electron chi connectivity index (χ2n) is 3.64. The molecule has 0 saturated carbocycles. The van der Waals surface area contributed by atoms with Gasteiger partial charge in [-0.15, -0.1) is 0 Å². The minimum Gasteiger partial charge on any atom is -0.313 e. The fourth-order valence-corrected chi connectivity index (χ4v) is 1.32. The molecule has 1 N–H and O–H groups in total. The Morgan fingerprint density at radius 1 is 1.29 bits per heavy atom. The summed E-state index contributed by atoms with van der Waals surface area (Å²) in [5.74, 6) is 0.489. The summed E-state index contributed by atoms with van der Waals surface area (Å²) in [6, 6.07) is 10.4. The first-order valence-corrected chi connectivity index (χ1v) is 5.01. The van der Waals surface area contributed by atoms with Crippen LogP contribution in [0.15, 0.2) is 35.4 Å². The summed E-state index contributed by atoms with van der Waals surface area (Å²) in [4.78, 5) is 0. The number of benzene rings is 1. The molecular formula is C12H18N2. The van der Waals surface area contributed by atoms with Gasteiger partial charge in [-0.3, -0.25) is 0 Å². The fourth-order valence-electron chi connectivity index (χ4n) is 1.32. The van der Waals surface area contributed by atoms with E-state index in [4.69, 9.17) is 0 Å². The Bertz CT molecular complexity index is 288. The van der Waals surface area contributed by atoms with Crippen LogP contribution in [0.5, 0.6) is 0 Å². The fraction of sp³-hybridized carbons (Fsp3) is 0.417. The molecule has 0 atom stereocenters. The molecule has 2 heteroatoms. The van der Waals surface area contributed by atoms with Crippen LogP contribution in [0.25, 0.3) is 0 Å². The monoisotopic (exact) mass is 190 g/mol. The minimum atomic E-state index is 0.489. The van der Waals surface area contributed by atoms with Crippen molar-refractivity contribution in [2.75, 3.05) is 7.05 Å². The van der Waals surface area contributed by atoms with E-state index in [-0.39, 0.29) is 0 Å². The van der Waals surface area contributed by atoms with Gasteiger partial charge in [-0.2, -0.15) is 5.10 Å². The van der Waals surface area contributed by atoms with Gasteiger partial charge in [0, 0.05) is 19.2 Å². The maximum Gasteiger partial charge on any atom is 0.0447 e. The first kappa shape index (κ1) is 10.8. The number of hydrogen-bond donors (Lipinski definition) is 1. The summed E-state index contributed by atoms with van der Waals surface area (Å²) in [5, 5.41) is 4.29. The molecule has 0 saturated heterocycles. The summed E-state index contributed by atoms with van der Waals surface area (Å²) < 4.78 is 0. The molecule has 1 aromatic carbocycles. The number of nitrogens with one attached hydrogen (secondary N) is 1. The maximum absolute atomic E-state index is 4.29. The zero-order valence-corrected chi connectivity index (χ0v) is 9.12. The molecule has 0 bridgehead atoms. The van der Waals surface area contributed by atoms with E-state index in [9.17, 15) is 0 Å². The van der Waals surface area contributed by atoms with Crippen LogP contribution in [0.4, 0.5) is 0 Å². The third-order valence-corrected chi connectivity index (χ3v) is 2.15. The van der Waals surface area contributed by atoms with Crippen molar-refractivity contribution in [2.45, 2.75) is 20.3 Å². The molecule has 0 heterocycles. The normalized spacial score (nSPS) is 11.9. The first-order chi connectivity index (χ1) is 6.74. The van der Waals surface area contributed by atoms with Crippen LogP contribution in [0.1, 0.15) is 19.4 Å². The lowest BCUT2D eigenvalue weighted by atomic mass is 10.0. The van der Waals surface area contributed by atoms with Crippen molar-refractivity contribution < 1.29 is 0 Å². The second kappa shape index (κ2) is 5.43. The highest BCUT2D eigenvalue weighted by Crippen LogP contribution is 2.06. The SMILES string of the molecule is CN/N=C(/Cc1ccccc1)C(C)C. The summed E-state index contributed by atoms with van der Waals surface area (Å²) in [6.45, 7) is 4.33. The quantitative estimate of drug-likeness (QED) is 0.572. The molecule has 0 spiro atoms. The van der Waals surface area contributed by atoms with Crippen molar-refractivity contribution in [2.24, 2.45) is 11.0 Å². The second-order valence-corrected chi connectivity index (χ2v) is 3.64. The van der Waals surface area contributed by atoms with Gasteiger partial charge in [0.1, 0.15) is 0 Å². The van der Waals surface area contributed by atoms with E-state index in [1.165, 1.54) is 11.3 Å². The number of rotatable bonds is 4. The van der Waals surface area contributed by atoms with Gasteiger partial charge < -0.3 is 5.43 Å². The molecule has 2 nitrogen and oxygen atoms in total.